The van der Waals surface area contributed by atoms with Gasteiger partial charge in [-0.3, -0.25) is 9.59 Å². The van der Waals surface area contributed by atoms with E-state index in [4.69, 9.17) is 9.47 Å². The van der Waals surface area contributed by atoms with Crippen LogP contribution in [-0.4, -0.2) is 41.1 Å². The van der Waals surface area contributed by atoms with Crippen molar-refractivity contribution in [3.8, 4) is 5.75 Å². The van der Waals surface area contributed by atoms with Crippen molar-refractivity contribution in [1.82, 2.24) is 4.72 Å². The van der Waals surface area contributed by atoms with Crippen LogP contribution in [0.3, 0.4) is 0 Å². The van der Waals surface area contributed by atoms with Crippen LogP contribution in [0.1, 0.15) is 17.5 Å². The van der Waals surface area contributed by atoms with Gasteiger partial charge in [-0.2, -0.15) is 0 Å². The second-order valence-electron chi connectivity index (χ2n) is 6.26. The lowest BCUT2D eigenvalue weighted by molar-refractivity contribution is -0.147. The standard InChI is InChI=1S/C20H24N2O6S/c1-14-4-10-18(27-3)17(12-14)22-19(23)13-28-20(24)11-7-15-5-8-16(9-6-15)29(25,26)21-2/h4-6,8-10,12,21H,7,11,13H2,1-3H3,(H,22,23). The second kappa shape index (κ2) is 10.0. The fourth-order valence-electron chi connectivity index (χ4n) is 2.52. The van der Waals surface area contributed by atoms with Gasteiger partial charge in [0.15, 0.2) is 6.61 Å². The molecule has 29 heavy (non-hydrogen) atoms. The summed E-state index contributed by atoms with van der Waals surface area (Å²) in [6, 6.07) is 11.6. The lowest BCUT2D eigenvalue weighted by Gasteiger charge is -2.11. The van der Waals surface area contributed by atoms with Crippen molar-refractivity contribution in [2.24, 2.45) is 0 Å². The van der Waals surface area contributed by atoms with Gasteiger partial charge < -0.3 is 14.8 Å². The molecule has 0 aromatic heterocycles. The molecular formula is C20H24N2O6S. The molecule has 0 heterocycles. The number of esters is 1. The molecule has 0 fully saturated rings. The number of carbonyl (C=O) groups is 2. The molecule has 0 radical (unpaired) electrons. The van der Waals surface area contributed by atoms with Crippen molar-refractivity contribution in [2.45, 2.75) is 24.7 Å². The highest BCUT2D eigenvalue weighted by Crippen LogP contribution is 2.25. The lowest BCUT2D eigenvalue weighted by Crippen LogP contribution is -2.21. The van der Waals surface area contributed by atoms with E-state index in [-0.39, 0.29) is 11.3 Å². The van der Waals surface area contributed by atoms with Crippen LogP contribution in [0, 0.1) is 6.92 Å². The molecule has 1 amide bonds. The van der Waals surface area contributed by atoms with Gasteiger partial charge in [-0.05, 0) is 55.8 Å². The average Bonchev–Trinajstić information content (AvgIpc) is 2.71. The number of anilines is 1. The predicted octanol–water partition coefficient (Wildman–Crippen LogP) is 2.03. The van der Waals surface area contributed by atoms with E-state index in [0.29, 0.717) is 17.9 Å². The van der Waals surface area contributed by atoms with Crippen molar-refractivity contribution >= 4 is 27.6 Å². The van der Waals surface area contributed by atoms with Crippen molar-refractivity contribution in [3.05, 3.63) is 53.6 Å². The Morgan fingerprint density at radius 2 is 1.76 bits per heavy atom. The highest BCUT2D eigenvalue weighted by Gasteiger charge is 2.13. The summed E-state index contributed by atoms with van der Waals surface area (Å²) in [7, 11) is -0.654. The number of nitrogens with one attached hydrogen (secondary N) is 2. The summed E-state index contributed by atoms with van der Waals surface area (Å²) in [6.07, 6.45) is 0.436. The minimum absolute atomic E-state index is 0.0686. The number of hydrogen-bond donors (Lipinski definition) is 2. The minimum Gasteiger partial charge on any atom is -0.495 e. The third kappa shape index (κ3) is 6.58. The second-order valence-corrected chi connectivity index (χ2v) is 8.15. The molecule has 0 spiro atoms. The fraction of sp³-hybridized carbons (Fsp3) is 0.300. The summed E-state index contributed by atoms with van der Waals surface area (Å²) in [5, 5.41) is 2.65. The number of ether oxygens (including phenoxy) is 2. The summed E-state index contributed by atoms with van der Waals surface area (Å²) in [6.45, 7) is 1.48. The van der Waals surface area contributed by atoms with Crippen molar-refractivity contribution in [2.75, 3.05) is 26.1 Å². The quantitative estimate of drug-likeness (QED) is 0.601. The molecule has 0 saturated carbocycles. The van der Waals surface area contributed by atoms with Crippen LogP contribution in [0.5, 0.6) is 5.75 Å². The van der Waals surface area contributed by atoms with Crippen LogP contribution in [0.4, 0.5) is 5.69 Å². The van der Waals surface area contributed by atoms with Gasteiger partial charge in [-0.25, -0.2) is 13.1 Å². The van der Waals surface area contributed by atoms with Crippen LogP contribution in [0.2, 0.25) is 0 Å². The Bertz CT molecular complexity index is 971. The Hall–Kier alpha value is -2.91. The Morgan fingerprint density at radius 3 is 2.38 bits per heavy atom. The smallest absolute Gasteiger partial charge is 0.306 e. The first-order chi connectivity index (χ1) is 13.7. The SMILES string of the molecule is CNS(=O)(=O)c1ccc(CCC(=O)OCC(=O)Nc2cc(C)ccc2OC)cc1. The van der Waals surface area contributed by atoms with Crippen LogP contribution in [-0.2, 0) is 30.8 Å². The molecule has 0 aliphatic rings. The summed E-state index contributed by atoms with van der Waals surface area (Å²) < 4.78 is 35.8. The number of benzene rings is 2. The summed E-state index contributed by atoms with van der Waals surface area (Å²) in [5.74, 6) is -0.480. The number of methoxy groups -OCH3 is 1. The van der Waals surface area contributed by atoms with Gasteiger partial charge in [0.25, 0.3) is 5.91 Å². The lowest BCUT2D eigenvalue weighted by atomic mass is 10.1. The van der Waals surface area contributed by atoms with E-state index in [0.717, 1.165) is 11.1 Å². The van der Waals surface area contributed by atoms with Crippen LogP contribution >= 0.6 is 0 Å². The number of amides is 1. The van der Waals surface area contributed by atoms with Gasteiger partial charge in [0.2, 0.25) is 10.0 Å². The normalized spacial score (nSPS) is 11.0. The molecule has 0 bridgehead atoms. The third-order valence-electron chi connectivity index (χ3n) is 4.11. The van der Waals surface area contributed by atoms with E-state index in [1.807, 2.05) is 13.0 Å². The number of aryl methyl sites for hydroxylation is 2. The highest BCUT2D eigenvalue weighted by molar-refractivity contribution is 7.89. The Morgan fingerprint density at radius 1 is 1.07 bits per heavy atom. The monoisotopic (exact) mass is 420 g/mol. The minimum atomic E-state index is -3.49. The summed E-state index contributed by atoms with van der Waals surface area (Å²) >= 11 is 0. The molecule has 9 heteroatoms. The summed E-state index contributed by atoms with van der Waals surface area (Å²) in [4.78, 5) is 24.1. The van der Waals surface area contributed by atoms with Gasteiger partial charge in [-0.15, -0.1) is 0 Å². The van der Waals surface area contributed by atoms with E-state index in [2.05, 4.69) is 10.0 Å². The molecule has 2 N–H and O–H groups in total. The maximum Gasteiger partial charge on any atom is 0.306 e. The molecule has 2 rings (SSSR count). The predicted molar refractivity (Wildman–Crippen MR) is 108 cm³/mol. The van der Waals surface area contributed by atoms with Crippen LogP contribution < -0.4 is 14.8 Å². The van der Waals surface area contributed by atoms with Gasteiger partial charge >= 0.3 is 5.97 Å². The Kier molecular flexibility index (Phi) is 7.74. The molecule has 0 aliphatic carbocycles. The molecule has 156 valence electrons. The molecule has 0 aliphatic heterocycles. The molecule has 2 aromatic rings. The average molecular weight is 420 g/mol. The zero-order valence-corrected chi connectivity index (χ0v) is 17.3. The van der Waals surface area contributed by atoms with E-state index < -0.39 is 28.5 Å². The van der Waals surface area contributed by atoms with Gasteiger partial charge in [0.05, 0.1) is 17.7 Å². The molecule has 0 atom stereocenters. The zero-order chi connectivity index (χ0) is 21.4. The van der Waals surface area contributed by atoms with E-state index in [1.165, 1.54) is 26.3 Å². The Labute approximate surface area is 170 Å². The van der Waals surface area contributed by atoms with Crippen LogP contribution in [0.25, 0.3) is 0 Å². The van der Waals surface area contributed by atoms with E-state index in [9.17, 15) is 18.0 Å². The number of sulfonamides is 1. The first kappa shape index (κ1) is 22.4. The van der Waals surface area contributed by atoms with Crippen LogP contribution in [0.15, 0.2) is 47.4 Å². The molecule has 0 saturated heterocycles. The molecule has 0 unspecified atom stereocenters. The molecule has 2 aromatic carbocycles. The maximum absolute atomic E-state index is 12.0. The maximum atomic E-state index is 12.0. The zero-order valence-electron chi connectivity index (χ0n) is 16.5. The fourth-order valence-corrected chi connectivity index (χ4v) is 3.25. The van der Waals surface area contributed by atoms with Crippen molar-refractivity contribution < 1.29 is 27.5 Å². The third-order valence-corrected chi connectivity index (χ3v) is 5.54. The Balaban J connectivity index is 1.81. The topological polar surface area (TPSA) is 111 Å². The summed E-state index contributed by atoms with van der Waals surface area (Å²) in [5.41, 5.74) is 2.24. The number of hydrogen-bond acceptors (Lipinski definition) is 6. The van der Waals surface area contributed by atoms with Gasteiger partial charge in [0.1, 0.15) is 5.75 Å². The first-order valence-corrected chi connectivity index (χ1v) is 10.4. The number of carbonyl (C=O) groups excluding carboxylic acids is 2. The van der Waals surface area contributed by atoms with Crippen molar-refractivity contribution in [1.29, 1.82) is 0 Å². The van der Waals surface area contributed by atoms with E-state index >= 15 is 0 Å². The molecular weight excluding hydrogens is 396 g/mol. The van der Waals surface area contributed by atoms with Gasteiger partial charge in [0, 0.05) is 6.42 Å². The largest absolute Gasteiger partial charge is 0.495 e. The molecule has 8 nitrogen and oxygen atoms in total. The number of rotatable bonds is 9. The first-order valence-electron chi connectivity index (χ1n) is 8.88. The van der Waals surface area contributed by atoms with Gasteiger partial charge in [-0.1, -0.05) is 18.2 Å². The highest BCUT2D eigenvalue weighted by atomic mass is 32.2. The van der Waals surface area contributed by atoms with Crippen molar-refractivity contribution in [3.63, 3.8) is 0 Å². The van der Waals surface area contributed by atoms with E-state index in [1.54, 1.807) is 24.3 Å².